The van der Waals surface area contributed by atoms with Crippen LogP contribution in [0.5, 0.6) is 5.75 Å². The molecule has 0 unspecified atom stereocenters. The molecule has 4 rings (SSSR count). The molecule has 1 aliphatic rings. The molecule has 1 saturated heterocycles. The molecule has 0 amide bonds. The van der Waals surface area contributed by atoms with E-state index in [2.05, 4.69) is 71.2 Å². The molecule has 2 aromatic carbocycles. The summed E-state index contributed by atoms with van der Waals surface area (Å²) >= 11 is 0. The lowest BCUT2D eigenvalue weighted by molar-refractivity contribution is 0.114. The molecule has 134 valence electrons. The Hall–Kier alpha value is -2.72. The Morgan fingerprint density at radius 3 is 2.77 bits per heavy atom. The first-order chi connectivity index (χ1) is 12.7. The first-order valence-corrected chi connectivity index (χ1v) is 9.10. The van der Waals surface area contributed by atoms with E-state index in [1.54, 1.807) is 0 Å². The van der Waals surface area contributed by atoms with E-state index < -0.39 is 0 Å². The lowest BCUT2D eigenvalue weighted by Crippen LogP contribution is -2.23. The highest BCUT2D eigenvalue weighted by Gasteiger charge is 2.28. The van der Waals surface area contributed by atoms with Gasteiger partial charge in [0.05, 0.1) is 13.2 Å². The van der Waals surface area contributed by atoms with Gasteiger partial charge in [0, 0.05) is 41.9 Å². The second kappa shape index (κ2) is 7.26. The Balaban J connectivity index is 1.60. The van der Waals surface area contributed by atoms with Gasteiger partial charge in [-0.3, -0.25) is 0 Å². The van der Waals surface area contributed by atoms with E-state index in [1.165, 1.54) is 11.3 Å². The van der Waals surface area contributed by atoms with E-state index in [4.69, 9.17) is 9.47 Å². The number of anilines is 1. The molecule has 0 aliphatic carbocycles. The Morgan fingerprint density at radius 1 is 1.08 bits per heavy atom. The minimum absolute atomic E-state index is 0.0480. The summed E-state index contributed by atoms with van der Waals surface area (Å²) in [6, 6.07) is 18.9. The third-order valence-electron chi connectivity index (χ3n) is 4.65. The largest absolute Gasteiger partial charge is 0.494 e. The Morgan fingerprint density at radius 2 is 1.92 bits per heavy atom. The van der Waals surface area contributed by atoms with Crippen molar-refractivity contribution < 1.29 is 9.47 Å². The summed E-state index contributed by atoms with van der Waals surface area (Å²) in [5, 5.41) is 0. The van der Waals surface area contributed by atoms with Crippen molar-refractivity contribution in [2.24, 2.45) is 0 Å². The van der Waals surface area contributed by atoms with Crippen molar-refractivity contribution in [1.82, 2.24) is 4.57 Å². The number of hydrogen-bond acceptors (Lipinski definition) is 3. The molecule has 1 fully saturated rings. The van der Waals surface area contributed by atoms with Crippen LogP contribution in [0.25, 0.3) is 5.69 Å². The lowest BCUT2D eigenvalue weighted by atomic mass is 10.2. The third-order valence-corrected chi connectivity index (χ3v) is 4.65. The molecule has 1 aliphatic heterocycles. The van der Waals surface area contributed by atoms with Gasteiger partial charge in [-0.25, -0.2) is 0 Å². The van der Waals surface area contributed by atoms with Gasteiger partial charge in [-0.15, -0.1) is 0 Å². The molecular weight excluding hydrogens is 324 g/mol. The van der Waals surface area contributed by atoms with E-state index in [0.29, 0.717) is 6.61 Å². The van der Waals surface area contributed by atoms with Crippen LogP contribution in [0.1, 0.15) is 24.3 Å². The first-order valence-electron chi connectivity index (χ1n) is 9.10. The van der Waals surface area contributed by atoms with Crippen LogP contribution in [0.4, 0.5) is 5.69 Å². The van der Waals surface area contributed by atoms with Crippen molar-refractivity contribution in [2.75, 3.05) is 24.7 Å². The molecule has 1 aromatic heterocycles. The SMILES string of the molecule is CCOc1cccc(-n2ccc([C@H]3OCCN3c3cccc(C)c3)c2)c1. The van der Waals surface area contributed by atoms with Gasteiger partial charge in [-0.05, 0) is 49.7 Å². The van der Waals surface area contributed by atoms with Gasteiger partial charge in [-0.2, -0.15) is 0 Å². The average molecular weight is 348 g/mol. The quantitative estimate of drug-likeness (QED) is 0.667. The fourth-order valence-corrected chi connectivity index (χ4v) is 3.44. The summed E-state index contributed by atoms with van der Waals surface area (Å²) in [7, 11) is 0. The predicted molar refractivity (Wildman–Crippen MR) is 104 cm³/mol. The predicted octanol–water partition coefficient (Wildman–Crippen LogP) is 4.72. The van der Waals surface area contributed by atoms with Gasteiger partial charge in [0.15, 0.2) is 6.23 Å². The zero-order valence-corrected chi connectivity index (χ0v) is 15.3. The van der Waals surface area contributed by atoms with E-state index >= 15 is 0 Å². The van der Waals surface area contributed by atoms with Gasteiger partial charge in [0.1, 0.15) is 5.75 Å². The van der Waals surface area contributed by atoms with Crippen LogP contribution in [-0.2, 0) is 4.74 Å². The second-order valence-corrected chi connectivity index (χ2v) is 6.54. The maximum absolute atomic E-state index is 6.05. The molecule has 2 heterocycles. The van der Waals surface area contributed by atoms with Crippen LogP contribution in [-0.4, -0.2) is 24.3 Å². The van der Waals surface area contributed by atoms with Crippen molar-refractivity contribution in [3.8, 4) is 11.4 Å². The summed E-state index contributed by atoms with van der Waals surface area (Å²) in [5.41, 5.74) is 4.71. The molecule has 1 atom stereocenters. The van der Waals surface area contributed by atoms with Crippen molar-refractivity contribution in [2.45, 2.75) is 20.1 Å². The molecule has 3 aromatic rings. The summed E-state index contributed by atoms with van der Waals surface area (Å²) < 4.78 is 13.8. The summed E-state index contributed by atoms with van der Waals surface area (Å²) in [6.07, 6.45) is 4.17. The highest BCUT2D eigenvalue weighted by Crippen LogP contribution is 2.33. The van der Waals surface area contributed by atoms with Gasteiger partial charge < -0.3 is 18.9 Å². The average Bonchev–Trinajstić information content (AvgIpc) is 3.31. The molecule has 0 spiro atoms. The van der Waals surface area contributed by atoms with Crippen LogP contribution >= 0.6 is 0 Å². The molecule has 0 radical (unpaired) electrons. The molecular formula is C22H24N2O2. The highest BCUT2D eigenvalue weighted by atomic mass is 16.5. The molecule has 26 heavy (non-hydrogen) atoms. The maximum Gasteiger partial charge on any atom is 0.158 e. The van der Waals surface area contributed by atoms with Crippen molar-refractivity contribution >= 4 is 5.69 Å². The zero-order chi connectivity index (χ0) is 17.9. The monoisotopic (exact) mass is 348 g/mol. The zero-order valence-electron chi connectivity index (χ0n) is 15.3. The third kappa shape index (κ3) is 3.33. The normalized spacial score (nSPS) is 16.8. The number of benzene rings is 2. The standard InChI is InChI=1S/C22H24N2O2/c1-3-25-21-9-5-7-19(15-21)23-11-10-18(16-23)22-24(12-13-26-22)20-8-4-6-17(2)14-20/h4-11,14-16,22H,3,12-13H2,1-2H3/t22-/m1/s1. The molecule has 0 N–H and O–H groups in total. The number of ether oxygens (including phenoxy) is 2. The minimum Gasteiger partial charge on any atom is -0.494 e. The Labute approximate surface area is 154 Å². The molecule has 4 heteroatoms. The maximum atomic E-state index is 6.05. The van der Waals surface area contributed by atoms with Gasteiger partial charge in [0.2, 0.25) is 0 Å². The summed E-state index contributed by atoms with van der Waals surface area (Å²) in [4.78, 5) is 2.32. The smallest absolute Gasteiger partial charge is 0.158 e. The number of nitrogens with zero attached hydrogens (tertiary/aromatic N) is 2. The summed E-state index contributed by atoms with van der Waals surface area (Å²) in [6.45, 7) is 6.43. The Kier molecular flexibility index (Phi) is 4.67. The Bertz CT molecular complexity index is 887. The van der Waals surface area contributed by atoms with E-state index in [0.717, 1.165) is 30.2 Å². The van der Waals surface area contributed by atoms with E-state index in [9.17, 15) is 0 Å². The van der Waals surface area contributed by atoms with Crippen LogP contribution in [0.15, 0.2) is 67.0 Å². The van der Waals surface area contributed by atoms with Crippen LogP contribution in [0, 0.1) is 6.92 Å². The second-order valence-electron chi connectivity index (χ2n) is 6.54. The molecule has 0 saturated carbocycles. The van der Waals surface area contributed by atoms with Gasteiger partial charge in [0.25, 0.3) is 0 Å². The first kappa shape index (κ1) is 16.7. The number of aromatic nitrogens is 1. The lowest BCUT2D eigenvalue weighted by Gasteiger charge is -2.25. The van der Waals surface area contributed by atoms with Crippen molar-refractivity contribution in [3.63, 3.8) is 0 Å². The number of rotatable bonds is 5. The van der Waals surface area contributed by atoms with Crippen LogP contribution in [0.3, 0.4) is 0 Å². The highest BCUT2D eigenvalue weighted by molar-refractivity contribution is 5.51. The fraction of sp³-hybridized carbons (Fsp3) is 0.273. The fourth-order valence-electron chi connectivity index (χ4n) is 3.44. The van der Waals surface area contributed by atoms with E-state index in [-0.39, 0.29) is 6.23 Å². The topological polar surface area (TPSA) is 26.6 Å². The van der Waals surface area contributed by atoms with Crippen LogP contribution < -0.4 is 9.64 Å². The van der Waals surface area contributed by atoms with Crippen LogP contribution in [0.2, 0.25) is 0 Å². The molecule has 4 nitrogen and oxygen atoms in total. The minimum atomic E-state index is -0.0480. The van der Waals surface area contributed by atoms with Crippen molar-refractivity contribution in [3.05, 3.63) is 78.1 Å². The van der Waals surface area contributed by atoms with E-state index in [1.807, 2.05) is 19.1 Å². The summed E-state index contributed by atoms with van der Waals surface area (Å²) in [5.74, 6) is 0.888. The number of hydrogen-bond donors (Lipinski definition) is 0. The number of aryl methyl sites for hydroxylation is 1. The van der Waals surface area contributed by atoms with Gasteiger partial charge in [-0.1, -0.05) is 18.2 Å². The van der Waals surface area contributed by atoms with Gasteiger partial charge >= 0.3 is 0 Å². The van der Waals surface area contributed by atoms with Crippen molar-refractivity contribution in [1.29, 1.82) is 0 Å². The molecule has 0 bridgehead atoms.